The fraction of sp³-hybridized carbons (Fsp3) is 0.417. The normalized spacial score (nSPS) is 18.8. The maximum atomic E-state index is 9.10. The van der Waals surface area contributed by atoms with Gasteiger partial charge in [-0.05, 0) is 38.1 Å². The molecule has 0 aliphatic carbocycles. The summed E-state index contributed by atoms with van der Waals surface area (Å²) in [5, 5.41) is 14.8. The number of carboxylic acid groups (broad SMARTS) is 2. The number of rotatable bonds is 1. The second-order valence-electron chi connectivity index (χ2n) is 4.04. The van der Waals surface area contributed by atoms with Crippen LogP contribution in [0.5, 0.6) is 0 Å². The Morgan fingerprint density at radius 2 is 2.06 bits per heavy atom. The van der Waals surface area contributed by atoms with E-state index in [-0.39, 0.29) is 0 Å². The molecule has 1 aliphatic heterocycles. The van der Waals surface area contributed by atoms with Crippen molar-refractivity contribution in [2.45, 2.75) is 18.9 Å². The molecule has 0 amide bonds. The van der Waals surface area contributed by atoms with Gasteiger partial charge in [0, 0.05) is 18.4 Å². The predicted octanol–water partition coefficient (Wildman–Crippen LogP) is 1.00. The van der Waals surface area contributed by atoms with Crippen LogP contribution in [0.1, 0.15) is 24.4 Å². The molecule has 1 saturated heterocycles. The van der Waals surface area contributed by atoms with Gasteiger partial charge in [0.15, 0.2) is 0 Å². The number of pyridine rings is 1. The maximum absolute atomic E-state index is 9.10. The molecule has 0 radical (unpaired) electrons. The molecule has 2 rings (SSSR count). The summed E-state index contributed by atoms with van der Waals surface area (Å²) in [4.78, 5) is 24.7. The van der Waals surface area contributed by atoms with Crippen molar-refractivity contribution in [1.29, 1.82) is 0 Å². The summed E-state index contributed by atoms with van der Waals surface area (Å²) in [6.45, 7) is 1.22. The number of hydrogen-bond donors (Lipinski definition) is 2. The molecule has 2 N–H and O–H groups in total. The average Bonchev–Trinajstić information content (AvgIpc) is 2.77. The molecule has 6 heteroatoms. The number of aliphatic carboxylic acids is 2. The summed E-state index contributed by atoms with van der Waals surface area (Å²) in [5.74, 6) is -3.65. The highest BCUT2D eigenvalue weighted by atomic mass is 16.4. The SMILES string of the molecule is CN1CCC[C@H]1c1cccnc1.O=C(O)C(=O)O. The van der Waals surface area contributed by atoms with E-state index >= 15 is 0 Å². The van der Waals surface area contributed by atoms with Crippen LogP contribution >= 0.6 is 0 Å². The van der Waals surface area contributed by atoms with E-state index in [1.807, 2.05) is 18.5 Å². The fourth-order valence-electron chi connectivity index (χ4n) is 1.90. The first kappa shape index (κ1) is 14.1. The zero-order valence-corrected chi connectivity index (χ0v) is 10.1. The molecule has 1 aromatic rings. The first-order valence-electron chi connectivity index (χ1n) is 5.58. The van der Waals surface area contributed by atoms with E-state index < -0.39 is 11.9 Å². The lowest BCUT2D eigenvalue weighted by Gasteiger charge is -2.18. The summed E-state index contributed by atoms with van der Waals surface area (Å²) < 4.78 is 0. The molecule has 18 heavy (non-hydrogen) atoms. The van der Waals surface area contributed by atoms with Gasteiger partial charge in [0.2, 0.25) is 0 Å². The molecule has 98 valence electrons. The number of likely N-dealkylation sites (tertiary alicyclic amines) is 1. The highest BCUT2D eigenvalue weighted by Gasteiger charge is 2.21. The van der Waals surface area contributed by atoms with Crippen molar-refractivity contribution in [3.05, 3.63) is 30.1 Å². The molecule has 6 nitrogen and oxygen atoms in total. The number of hydrogen-bond acceptors (Lipinski definition) is 4. The van der Waals surface area contributed by atoms with Crippen molar-refractivity contribution in [1.82, 2.24) is 9.88 Å². The lowest BCUT2D eigenvalue weighted by atomic mass is 10.1. The van der Waals surface area contributed by atoms with Gasteiger partial charge < -0.3 is 10.2 Å². The summed E-state index contributed by atoms with van der Waals surface area (Å²) in [7, 11) is 2.19. The van der Waals surface area contributed by atoms with Crippen LogP contribution in [0, 0.1) is 0 Å². The largest absolute Gasteiger partial charge is 0.473 e. The molecule has 2 heterocycles. The van der Waals surface area contributed by atoms with Crippen LogP contribution in [-0.4, -0.2) is 45.6 Å². The Hall–Kier alpha value is -1.95. The van der Waals surface area contributed by atoms with Crippen molar-refractivity contribution in [3.63, 3.8) is 0 Å². The fourth-order valence-corrected chi connectivity index (χ4v) is 1.90. The molecular formula is C12H16N2O4. The van der Waals surface area contributed by atoms with Crippen LogP contribution in [0.25, 0.3) is 0 Å². The summed E-state index contributed by atoms with van der Waals surface area (Å²) in [6, 6.07) is 4.79. The van der Waals surface area contributed by atoms with Gasteiger partial charge in [-0.2, -0.15) is 0 Å². The van der Waals surface area contributed by atoms with Crippen LogP contribution in [0.2, 0.25) is 0 Å². The lowest BCUT2D eigenvalue weighted by Crippen LogP contribution is -2.17. The molecule has 1 atom stereocenters. The van der Waals surface area contributed by atoms with Gasteiger partial charge in [0.1, 0.15) is 0 Å². The lowest BCUT2D eigenvalue weighted by molar-refractivity contribution is -0.159. The van der Waals surface area contributed by atoms with Gasteiger partial charge in [-0.3, -0.25) is 9.88 Å². The van der Waals surface area contributed by atoms with Crippen molar-refractivity contribution < 1.29 is 19.8 Å². The van der Waals surface area contributed by atoms with Crippen molar-refractivity contribution in [3.8, 4) is 0 Å². The highest BCUT2D eigenvalue weighted by Crippen LogP contribution is 2.29. The van der Waals surface area contributed by atoms with Gasteiger partial charge in [0.05, 0.1) is 0 Å². The predicted molar refractivity (Wildman–Crippen MR) is 64.1 cm³/mol. The van der Waals surface area contributed by atoms with Crippen LogP contribution < -0.4 is 0 Å². The Morgan fingerprint density at radius 1 is 1.39 bits per heavy atom. The molecular weight excluding hydrogens is 236 g/mol. The van der Waals surface area contributed by atoms with Crippen molar-refractivity contribution in [2.24, 2.45) is 0 Å². The van der Waals surface area contributed by atoms with E-state index in [1.54, 1.807) is 0 Å². The maximum Gasteiger partial charge on any atom is 0.414 e. The number of carboxylic acids is 2. The molecule has 0 spiro atoms. The van der Waals surface area contributed by atoms with Crippen LogP contribution in [-0.2, 0) is 9.59 Å². The third-order valence-electron chi connectivity index (χ3n) is 2.77. The Kier molecular flexibility index (Phi) is 5.26. The summed E-state index contributed by atoms with van der Waals surface area (Å²) in [5.41, 5.74) is 1.36. The number of carbonyl (C=O) groups is 2. The first-order chi connectivity index (χ1) is 8.52. The van der Waals surface area contributed by atoms with E-state index in [2.05, 4.69) is 23.0 Å². The van der Waals surface area contributed by atoms with E-state index in [1.165, 1.54) is 24.9 Å². The van der Waals surface area contributed by atoms with Crippen LogP contribution in [0.15, 0.2) is 24.5 Å². The smallest absolute Gasteiger partial charge is 0.414 e. The number of aromatic nitrogens is 1. The first-order valence-corrected chi connectivity index (χ1v) is 5.58. The molecule has 0 unspecified atom stereocenters. The van der Waals surface area contributed by atoms with Gasteiger partial charge >= 0.3 is 11.9 Å². The topological polar surface area (TPSA) is 90.7 Å². The average molecular weight is 252 g/mol. The molecule has 0 bridgehead atoms. The minimum atomic E-state index is -1.82. The van der Waals surface area contributed by atoms with Crippen molar-refractivity contribution in [2.75, 3.05) is 13.6 Å². The minimum Gasteiger partial charge on any atom is -0.473 e. The van der Waals surface area contributed by atoms with Gasteiger partial charge in [-0.15, -0.1) is 0 Å². The third kappa shape index (κ3) is 4.14. The van der Waals surface area contributed by atoms with Gasteiger partial charge in [-0.25, -0.2) is 9.59 Å². The quantitative estimate of drug-likeness (QED) is 0.725. The molecule has 0 saturated carbocycles. The molecule has 1 aliphatic rings. The second-order valence-corrected chi connectivity index (χ2v) is 4.04. The minimum absolute atomic E-state index is 0.610. The Balaban J connectivity index is 0.000000232. The third-order valence-corrected chi connectivity index (χ3v) is 2.77. The Morgan fingerprint density at radius 3 is 2.44 bits per heavy atom. The standard InChI is InChI=1S/C10H14N2.C2H2O4/c1-12-7-3-5-10(12)9-4-2-6-11-8-9;3-1(4)2(5)6/h2,4,6,8,10H,3,5,7H2,1H3;(H,3,4)(H,5,6)/t10-;/m0./s1. The zero-order valence-electron chi connectivity index (χ0n) is 10.1. The van der Waals surface area contributed by atoms with E-state index in [0.717, 1.165) is 0 Å². The second kappa shape index (κ2) is 6.70. The summed E-state index contributed by atoms with van der Waals surface area (Å²) >= 11 is 0. The molecule has 1 fully saturated rings. The number of nitrogens with zero attached hydrogens (tertiary/aromatic N) is 2. The van der Waals surface area contributed by atoms with Crippen LogP contribution in [0.4, 0.5) is 0 Å². The molecule has 1 aromatic heterocycles. The monoisotopic (exact) mass is 252 g/mol. The highest BCUT2D eigenvalue weighted by molar-refractivity contribution is 6.27. The van der Waals surface area contributed by atoms with Gasteiger partial charge in [0.25, 0.3) is 0 Å². The molecule has 0 aromatic carbocycles. The Bertz CT molecular complexity index is 396. The van der Waals surface area contributed by atoms with E-state index in [4.69, 9.17) is 19.8 Å². The summed E-state index contributed by atoms with van der Waals surface area (Å²) in [6.07, 6.45) is 6.41. The zero-order chi connectivity index (χ0) is 13.5. The Labute approximate surface area is 105 Å². The van der Waals surface area contributed by atoms with E-state index in [0.29, 0.717) is 6.04 Å². The van der Waals surface area contributed by atoms with Gasteiger partial charge in [-0.1, -0.05) is 6.07 Å². The van der Waals surface area contributed by atoms with Crippen molar-refractivity contribution >= 4 is 11.9 Å². The van der Waals surface area contributed by atoms with E-state index in [9.17, 15) is 0 Å². The van der Waals surface area contributed by atoms with Crippen LogP contribution in [0.3, 0.4) is 0 Å².